The minimum absolute atomic E-state index is 0.181. The molecule has 16 heavy (non-hydrogen) atoms. The summed E-state index contributed by atoms with van der Waals surface area (Å²) in [5, 5.41) is 3.44. The highest BCUT2D eigenvalue weighted by Crippen LogP contribution is 2.16. The molecule has 3 rings (SSSR count). The highest BCUT2D eigenvalue weighted by atomic mass is 32.2. The molecular weight excluding hydrogens is 226 g/mol. The molecule has 0 aromatic carbocycles. The summed E-state index contributed by atoms with van der Waals surface area (Å²) >= 11 is 1.56. The average molecular weight is 235 g/mol. The summed E-state index contributed by atoms with van der Waals surface area (Å²) in [4.78, 5) is 18.9. The van der Waals surface area contributed by atoms with Gasteiger partial charge in [0.2, 0.25) is 0 Å². The molecule has 0 saturated carbocycles. The Kier molecular flexibility index (Phi) is 2.21. The third-order valence-corrected chi connectivity index (χ3v) is 3.18. The number of carbonyl (C=O) groups is 1. The first-order chi connectivity index (χ1) is 7.83. The lowest BCUT2D eigenvalue weighted by molar-refractivity contribution is 0.0974. The third kappa shape index (κ3) is 1.61. The fraction of sp³-hybridized carbons (Fsp3) is 0.200. The average Bonchev–Trinajstić information content (AvgIpc) is 2.91. The Balaban J connectivity index is 1.81. The lowest BCUT2D eigenvalue weighted by Gasteiger charge is -2.00. The van der Waals surface area contributed by atoms with Gasteiger partial charge < -0.3 is 14.7 Å². The van der Waals surface area contributed by atoms with E-state index in [0.29, 0.717) is 16.4 Å². The van der Waals surface area contributed by atoms with Gasteiger partial charge in [-0.1, -0.05) is 11.8 Å². The molecule has 0 atom stereocenters. The number of carbonyl (C=O) groups excluding carboxylic acids is 1. The van der Waals surface area contributed by atoms with E-state index < -0.39 is 0 Å². The second kappa shape index (κ2) is 3.71. The number of hydrogen-bond acceptors (Lipinski definition) is 4. The summed E-state index contributed by atoms with van der Waals surface area (Å²) in [7, 11) is 0. The van der Waals surface area contributed by atoms with Gasteiger partial charge in [-0.2, -0.15) is 0 Å². The van der Waals surface area contributed by atoms with Crippen LogP contribution in [0.1, 0.15) is 10.5 Å². The zero-order valence-electron chi connectivity index (χ0n) is 8.32. The molecule has 0 radical (unpaired) electrons. The molecule has 2 aromatic heterocycles. The Hall–Kier alpha value is -1.69. The number of fused-ring (bicyclic) bond motifs is 1. The number of aromatic nitrogens is 1. The van der Waals surface area contributed by atoms with Crippen molar-refractivity contribution in [3.8, 4) is 0 Å². The second-order valence-corrected chi connectivity index (χ2v) is 4.45. The number of nitrogens with zero attached hydrogens (tertiary/aromatic N) is 1. The third-order valence-electron chi connectivity index (χ3n) is 2.29. The molecule has 2 aromatic rings. The van der Waals surface area contributed by atoms with E-state index in [9.17, 15) is 4.79 Å². The number of H-pyrrole nitrogens is 1. The minimum atomic E-state index is -0.181. The molecule has 82 valence electrons. The van der Waals surface area contributed by atoms with Crippen LogP contribution in [-0.2, 0) is 0 Å². The van der Waals surface area contributed by atoms with Crippen molar-refractivity contribution >= 4 is 33.9 Å². The largest absolute Gasteiger partial charge is 0.463 e. The Morgan fingerprint density at radius 3 is 3.31 bits per heavy atom. The minimum Gasteiger partial charge on any atom is -0.463 e. The molecule has 0 saturated heterocycles. The van der Waals surface area contributed by atoms with Gasteiger partial charge in [0.25, 0.3) is 5.91 Å². The van der Waals surface area contributed by atoms with Gasteiger partial charge in [-0.25, -0.2) is 0 Å². The Morgan fingerprint density at radius 1 is 1.62 bits per heavy atom. The van der Waals surface area contributed by atoms with Gasteiger partial charge in [0, 0.05) is 17.9 Å². The van der Waals surface area contributed by atoms with Crippen molar-refractivity contribution in [1.82, 2.24) is 10.3 Å². The number of thioether (sulfide) groups is 1. The van der Waals surface area contributed by atoms with E-state index in [1.807, 2.05) is 0 Å². The first kappa shape index (κ1) is 9.53. The van der Waals surface area contributed by atoms with E-state index in [-0.39, 0.29) is 5.91 Å². The lowest BCUT2D eigenvalue weighted by atomic mass is 10.4. The van der Waals surface area contributed by atoms with E-state index >= 15 is 0 Å². The molecule has 0 bridgehead atoms. The van der Waals surface area contributed by atoms with Gasteiger partial charge >= 0.3 is 0 Å². The van der Waals surface area contributed by atoms with Crippen LogP contribution in [0.4, 0.5) is 0 Å². The fourth-order valence-electron chi connectivity index (χ4n) is 1.55. The number of furan rings is 1. The Morgan fingerprint density at radius 2 is 2.56 bits per heavy atom. The maximum atomic E-state index is 11.8. The quantitative estimate of drug-likeness (QED) is 0.788. The van der Waals surface area contributed by atoms with Crippen molar-refractivity contribution in [3.05, 3.63) is 24.1 Å². The monoisotopic (exact) mass is 235 g/mol. The fourth-order valence-corrected chi connectivity index (χ4v) is 2.27. The first-order valence-corrected chi connectivity index (χ1v) is 5.86. The Labute approximate surface area is 95.3 Å². The van der Waals surface area contributed by atoms with Crippen molar-refractivity contribution in [3.63, 3.8) is 0 Å². The highest BCUT2D eigenvalue weighted by molar-refractivity contribution is 8.14. The lowest BCUT2D eigenvalue weighted by Crippen LogP contribution is -2.27. The van der Waals surface area contributed by atoms with Crippen molar-refractivity contribution in [2.24, 2.45) is 4.99 Å². The first-order valence-electron chi connectivity index (χ1n) is 4.88. The maximum Gasteiger partial charge on any atom is 0.273 e. The van der Waals surface area contributed by atoms with Gasteiger partial charge in [0.15, 0.2) is 10.8 Å². The molecular formula is C10H9N3O2S. The van der Waals surface area contributed by atoms with Crippen molar-refractivity contribution in [2.45, 2.75) is 0 Å². The van der Waals surface area contributed by atoms with Crippen LogP contribution >= 0.6 is 11.8 Å². The van der Waals surface area contributed by atoms with Crippen LogP contribution in [-0.4, -0.2) is 28.4 Å². The smallest absolute Gasteiger partial charge is 0.273 e. The normalized spacial score (nSPS) is 15.4. The molecule has 5 nitrogen and oxygen atoms in total. The van der Waals surface area contributed by atoms with Crippen LogP contribution < -0.4 is 5.32 Å². The van der Waals surface area contributed by atoms with Crippen molar-refractivity contribution in [1.29, 1.82) is 0 Å². The molecule has 1 aliphatic rings. The predicted molar refractivity (Wildman–Crippen MR) is 62.8 cm³/mol. The van der Waals surface area contributed by atoms with Crippen LogP contribution in [0.15, 0.2) is 27.8 Å². The zero-order chi connectivity index (χ0) is 11.0. The predicted octanol–water partition coefficient (Wildman–Crippen LogP) is 1.59. The topological polar surface area (TPSA) is 70.4 Å². The van der Waals surface area contributed by atoms with Crippen LogP contribution in [0.2, 0.25) is 0 Å². The molecule has 2 N–H and O–H groups in total. The number of aromatic amines is 1. The molecule has 6 heteroatoms. The number of aliphatic imine (C=N–C) groups is 1. The van der Waals surface area contributed by atoms with E-state index in [2.05, 4.69) is 15.3 Å². The summed E-state index contributed by atoms with van der Waals surface area (Å²) in [5.41, 5.74) is 2.00. The molecule has 3 heterocycles. The van der Waals surface area contributed by atoms with E-state index in [1.165, 1.54) is 0 Å². The van der Waals surface area contributed by atoms with Crippen LogP contribution in [0.3, 0.4) is 0 Å². The SMILES string of the molecule is O=C(NC1=NCCS1)c1cc2occc2[nH]1. The molecule has 1 aliphatic heterocycles. The number of hydrogen-bond donors (Lipinski definition) is 2. The van der Waals surface area contributed by atoms with Gasteiger partial charge in [-0.3, -0.25) is 9.79 Å². The summed E-state index contributed by atoms with van der Waals surface area (Å²) in [6.45, 7) is 0.771. The maximum absolute atomic E-state index is 11.8. The van der Waals surface area contributed by atoms with Gasteiger partial charge in [0.1, 0.15) is 5.69 Å². The van der Waals surface area contributed by atoms with Crippen LogP contribution in [0, 0.1) is 0 Å². The summed E-state index contributed by atoms with van der Waals surface area (Å²) in [6, 6.07) is 3.47. The number of rotatable bonds is 1. The van der Waals surface area contributed by atoms with Crippen LogP contribution in [0.25, 0.3) is 11.1 Å². The second-order valence-electron chi connectivity index (χ2n) is 3.37. The molecule has 0 spiro atoms. The summed E-state index contributed by atoms with van der Waals surface area (Å²) in [6.07, 6.45) is 1.58. The number of nitrogens with one attached hydrogen (secondary N) is 2. The van der Waals surface area contributed by atoms with Gasteiger partial charge in [-0.05, 0) is 0 Å². The summed E-state index contributed by atoms with van der Waals surface area (Å²) < 4.78 is 5.17. The van der Waals surface area contributed by atoms with E-state index in [1.54, 1.807) is 30.2 Å². The molecule has 1 amide bonds. The standard InChI is InChI=1S/C10H9N3O2S/c14-9(13-10-11-2-4-16-10)7-5-8-6(12-7)1-3-15-8/h1,3,5,12H,2,4H2,(H,11,13,14). The van der Waals surface area contributed by atoms with E-state index in [0.717, 1.165) is 17.8 Å². The molecule has 0 fully saturated rings. The van der Waals surface area contributed by atoms with Crippen LogP contribution in [0.5, 0.6) is 0 Å². The van der Waals surface area contributed by atoms with Crippen molar-refractivity contribution < 1.29 is 9.21 Å². The van der Waals surface area contributed by atoms with Crippen molar-refractivity contribution in [2.75, 3.05) is 12.3 Å². The number of amides is 1. The van der Waals surface area contributed by atoms with Gasteiger partial charge in [-0.15, -0.1) is 0 Å². The Bertz CT molecular complexity index is 541. The molecule has 0 unspecified atom stereocenters. The summed E-state index contributed by atoms with van der Waals surface area (Å²) in [5.74, 6) is 0.752. The van der Waals surface area contributed by atoms with Gasteiger partial charge in [0.05, 0.1) is 18.3 Å². The van der Waals surface area contributed by atoms with E-state index in [4.69, 9.17) is 4.42 Å². The highest BCUT2D eigenvalue weighted by Gasteiger charge is 2.15. The molecule has 0 aliphatic carbocycles. The zero-order valence-corrected chi connectivity index (χ0v) is 9.13. The number of amidine groups is 1.